The van der Waals surface area contributed by atoms with Crippen molar-refractivity contribution in [2.75, 3.05) is 0 Å². The zero-order valence-electron chi connectivity index (χ0n) is 15.7. The number of aromatic nitrogens is 1. The zero-order valence-corrected chi connectivity index (χ0v) is 19.3. The Morgan fingerprint density at radius 3 is 2.12 bits per heavy atom. The van der Waals surface area contributed by atoms with Crippen LogP contribution >= 0.6 is 0 Å². The van der Waals surface area contributed by atoms with E-state index in [1.54, 1.807) is 0 Å². The van der Waals surface area contributed by atoms with E-state index in [0.717, 1.165) is 6.42 Å². The van der Waals surface area contributed by atoms with Crippen LogP contribution < -0.4 is 0 Å². The molecule has 2 heteroatoms. The van der Waals surface area contributed by atoms with E-state index >= 15 is 0 Å². The Morgan fingerprint density at radius 2 is 1.35 bits per heavy atom. The van der Waals surface area contributed by atoms with E-state index < -0.39 is 21.4 Å². The smallest absolute Gasteiger partial charge is 0.0579 e. The van der Waals surface area contributed by atoms with Gasteiger partial charge in [-0.2, -0.15) is 0 Å². The summed E-state index contributed by atoms with van der Waals surface area (Å²) in [5, 5.41) is 1.37. The minimum Gasteiger partial charge on any atom is -0.309 e. The Labute approximate surface area is 163 Å². The van der Waals surface area contributed by atoms with E-state index in [-0.39, 0.29) is 0 Å². The zero-order chi connectivity index (χ0) is 18.1. The van der Waals surface area contributed by atoms with Crippen molar-refractivity contribution >= 4 is 10.9 Å². The minimum atomic E-state index is -0.657. The molecule has 0 saturated carbocycles. The summed E-state index contributed by atoms with van der Waals surface area (Å²) >= 11 is -0.657. The second-order valence-corrected chi connectivity index (χ2v) is 18.1. The van der Waals surface area contributed by atoms with Gasteiger partial charge in [0.2, 0.25) is 0 Å². The fourth-order valence-electron chi connectivity index (χ4n) is 3.71. The normalized spacial score (nSPS) is 11.5. The summed E-state index contributed by atoms with van der Waals surface area (Å²) in [5.41, 5.74) is 8.16. The van der Waals surface area contributed by atoms with Gasteiger partial charge in [-0.1, -0.05) is 60.7 Å². The van der Waals surface area contributed by atoms with Crippen LogP contribution in [0.5, 0.6) is 0 Å². The Morgan fingerprint density at radius 1 is 0.731 bits per heavy atom. The van der Waals surface area contributed by atoms with Crippen LogP contribution in [0.3, 0.4) is 0 Å². The molecule has 5 rings (SSSR count). The van der Waals surface area contributed by atoms with Gasteiger partial charge in [0, 0.05) is 23.1 Å². The molecule has 0 N–H and O–H groups in total. The molecule has 129 valence electrons. The molecule has 0 fully saturated rings. The topological polar surface area (TPSA) is 4.93 Å². The largest absolute Gasteiger partial charge is 0.309 e. The first-order valence-corrected chi connectivity index (χ1v) is 20.0. The van der Waals surface area contributed by atoms with E-state index in [2.05, 4.69) is 97.5 Å². The van der Waals surface area contributed by atoms with Crippen molar-refractivity contribution in [3.05, 3.63) is 90.0 Å². The number of rotatable bonds is 1. The number of hydrogen-bond donors (Lipinski definition) is 0. The van der Waals surface area contributed by atoms with E-state index in [1.807, 2.05) is 0 Å². The molecule has 0 aliphatic heterocycles. The van der Waals surface area contributed by atoms with Gasteiger partial charge >= 0.3 is 35.5 Å². The maximum absolute atomic E-state index is 2.41. The summed E-state index contributed by atoms with van der Waals surface area (Å²) in [7, 11) is 0. The number of fused-ring (bicyclic) bond motifs is 5. The first-order valence-electron chi connectivity index (χ1n) is 9.19. The molecule has 0 unspecified atom stereocenters. The van der Waals surface area contributed by atoms with E-state index in [9.17, 15) is 0 Å². The molecule has 0 spiro atoms. The number of benzene rings is 3. The fourth-order valence-corrected chi connectivity index (χ4v) is 3.71. The summed E-state index contributed by atoms with van der Waals surface area (Å²) in [6.07, 6.45) is 1.03. The number of hydrogen-bond acceptors (Lipinski definition) is 0. The summed E-state index contributed by atoms with van der Waals surface area (Å²) in [6.45, 7) is 0. The van der Waals surface area contributed by atoms with E-state index in [1.165, 1.54) is 39.0 Å². The molecule has 1 aliphatic carbocycles. The van der Waals surface area contributed by atoms with Crippen molar-refractivity contribution in [1.29, 1.82) is 0 Å². The molecule has 0 saturated heterocycles. The van der Waals surface area contributed by atoms with Gasteiger partial charge in [0.05, 0.1) is 11.2 Å². The molecule has 1 heterocycles. The van der Waals surface area contributed by atoms with Crippen molar-refractivity contribution in [1.82, 2.24) is 4.57 Å². The molecule has 0 radical (unpaired) electrons. The van der Waals surface area contributed by atoms with Crippen molar-refractivity contribution in [3.8, 4) is 16.9 Å². The molecule has 1 aromatic heterocycles. The maximum atomic E-state index is 2.41. The summed E-state index contributed by atoms with van der Waals surface area (Å²) < 4.78 is 9.55. The van der Waals surface area contributed by atoms with Crippen molar-refractivity contribution < 1.29 is 21.4 Å². The predicted molar refractivity (Wildman–Crippen MR) is 109 cm³/mol. The quantitative estimate of drug-likeness (QED) is 0.218. The van der Waals surface area contributed by atoms with E-state index in [0.29, 0.717) is 0 Å². The van der Waals surface area contributed by atoms with Crippen LogP contribution in [0.15, 0.2) is 78.9 Å². The van der Waals surface area contributed by atoms with Crippen LogP contribution in [0.1, 0.15) is 11.1 Å². The maximum Gasteiger partial charge on any atom is 0.0579 e. The SMILES string of the molecule is [CH3][Hf]([CH3])[CH3].c1ccc(-n2c3c(c4ccccc42)Cc2ccccc2-3)cc1. The van der Waals surface area contributed by atoms with Gasteiger partial charge in [0.15, 0.2) is 0 Å². The molecule has 1 aliphatic rings. The van der Waals surface area contributed by atoms with Crippen LogP contribution in [-0.2, 0) is 27.9 Å². The molecular weight excluding hydrogens is 481 g/mol. The van der Waals surface area contributed by atoms with Gasteiger partial charge < -0.3 is 4.57 Å². The third-order valence-corrected chi connectivity index (χ3v) is 4.63. The van der Waals surface area contributed by atoms with Crippen molar-refractivity contribution in [2.24, 2.45) is 0 Å². The van der Waals surface area contributed by atoms with Crippen LogP contribution in [0.2, 0.25) is 14.0 Å². The van der Waals surface area contributed by atoms with Crippen LogP contribution in [0, 0.1) is 0 Å². The monoisotopic (exact) mass is 506 g/mol. The van der Waals surface area contributed by atoms with Gasteiger partial charge in [-0.15, -0.1) is 0 Å². The molecule has 0 bridgehead atoms. The minimum absolute atomic E-state index is 0.657. The molecule has 4 aromatic rings. The van der Waals surface area contributed by atoms with Gasteiger partial charge in [0.25, 0.3) is 0 Å². The number of nitrogens with zero attached hydrogens (tertiary/aromatic N) is 1. The Bertz CT molecular complexity index is 1040. The predicted octanol–water partition coefficient (Wildman–Crippen LogP) is 6.95. The average molecular weight is 505 g/mol. The average Bonchev–Trinajstić information content (AvgIpc) is 3.17. The van der Waals surface area contributed by atoms with Crippen LogP contribution in [-0.4, -0.2) is 4.57 Å². The third-order valence-electron chi connectivity index (χ3n) is 4.63. The molecule has 0 amide bonds. The standard InChI is InChI=1S/C21H15N.3CH3.Hf/c1-2-9-16(10-3-1)22-20-13-7-6-12-18(20)19-14-15-8-4-5-11-17(15)21(19)22;;;;/h1-13H,14H2;3*1H3;. The van der Waals surface area contributed by atoms with Gasteiger partial charge in [-0.25, -0.2) is 0 Å². The summed E-state index contributed by atoms with van der Waals surface area (Å²) in [4.78, 5) is 0. The second-order valence-electron chi connectivity index (χ2n) is 7.35. The third kappa shape index (κ3) is 3.12. The molecule has 3 aromatic carbocycles. The number of para-hydroxylation sites is 2. The molecule has 0 atom stereocenters. The van der Waals surface area contributed by atoms with Crippen molar-refractivity contribution in [2.45, 2.75) is 20.5 Å². The fraction of sp³-hybridized carbons (Fsp3) is 0.167. The van der Waals surface area contributed by atoms with E-state index in [4.69, 9.17) is 0 Å². The van der Waals surface area contributed by atoms with Crippen molar-refractivity contribution in [3.63, 3.8) is 0 Å². The molecule has 26 heavy (non-hydrogen) atoms. The summed E-state index contributed by atoms with van der Waals surface area (Å²) in [5.74, 6) is 0. The summed E-state index contributed by atoms with van der Waals surface area (Å²) in [6, 6.07) is 28.2. The first-order chi connectivity index (χ1) is 12.7. The second kappa shape index (κ2) is 7.36. The Balaban J connectivity index is 0.000000385. The molecule has 1 nitrogen and oxygen atoms in total. The van der Waals surface area contributed by atoms with Gasteiger partial charge in [0.1, 0.15) is 0 Å². The van der Waals surface area contributed by atoms with Crippen LogP contribution in [0.4, 0.5) is 0 Å². The van der Waals surface area contributed by atoms with Gasteiger partial charge in [-0.05, 0) is 29.3 Å². The van der Waals surface area contributed by atoms with Gasteiger partial charge in [-0.3, -0.25) is 0 Å². The Kier molecular flexibility index (Phi) is 4.95. The first kappa shape index (κ1) is 17.5. The Hall–Kier alpha value is -1.93. The molecular formula is C24H24HfN. The van der Waals surface area contributed by atoms with Crippen LogP contribution in [0.25, 0.3) is 27.8 Å².